The van der Waals surface area contributed by atoms with E-state index < -0.39 is 0 Å². The third kappa shape index (κ3) is 4.70. The van der Waals surface area contributed by atoms with Crippen molar-refractivity contribution in [1.82, 2.24) is 15.5 Å². The zero-order valence-corrected chi connectivity index (χ0v) is 13.3. The van der Waals surface area contributed by atoms with Gasteiger partial charge in [0.2, 0.25) is 0 Å². The summed E-state index contributed by atoms with van der Waals surface area (Å²) in [5.41, 5.74) is 0. The summed E-state index contributed by atoms with van der Waals surface area (Å²) in [6.45, 7) is 5.96. The molecule has 0 radical (unpaired) electrons. The molecule has 3 rings (SSSR count). The maximum absolute atomic E-state index is 12.0. The Morgan fingerprint density at radius 1 is 1.26 bits per heavy atom. The van der Waals surface area contributed by atoms with Crippen molar-refractivity contribution in [3.63, 3.8) is 0 Å². The number of amides is 2. The molecule has 0 aromatic carbocycles. The Labute approximate surface area is 136 Å². The van der Waals surface area contributed by atoms with Crippen molar-refractivity contribution < 1.29 is 18.7 Å². The van der Waals surface area contributed by atoms with Gasteiger partial charge in [0.15, 0.2) is 0 Å². The maximum Gasteiger partial charge on any atom is 0.315 e. The summed E-state index contributed by atoms with van der Waals surface area (Å²) in [5, 5.41) is 5.81. The van der Waals surface area contributed by atoms with Crippen LogP contribution in [0.25, 0.3) is 0 Å². The first kappa shape index (κ1) is 16.3. The van der Waals surface area contributed by atoms with Gasteiger partial charge < -0.3 is 24.5 Å². The zero-order valence-electron chi connectivity index (χ0n) is 13.3. The quantitative estimate of drug-likeness (QED) is 0.810. The minimum Gasteiger partial charge on any atom is -0.467 e. The lowest BCUT2D eigenvalue weighted by atomic mass is 9.97. The molecule has 7 heteroatoms. The molecule has 2 fully saturated rings. The molecule has 0 bridgehead atoms. The molecule has 0 saturated carbocycles. The van der Waals surface area contributed by atoms with Gasteiger partial charge in [-0.3, -0.25) is 4.90 Å². The van der Waals surface area contributed by atoms with Crippen LogP contribution < -0.4 is 10.6 Å². The summed E-state index contributed by atoms with van der Waals surface area (Å²) < 4.78 is 16.2. The molecule has 2 saturated heterocycles. The topological polar surface area (TPSA) is 76.0 Å². The predicted molar refractivity (Wildman–Crippen MR) is 84.1 cm³/mol. The zero-order chi connectivity index (χ0) is 15.9. The normalized spacial score (nSPS) is 23.6. The average Bonchev–Trinajstić information content (AvgIpc) is 3.28. The van der Waals surface area contributed by atoms with Crippen LogP contribution in [0.1, 0.15) is 12.2 Å². The first-order chi connectivity index (χ1) is 11.3. The van der Waals surface area contributed by atoms with E-state index in [1.807, 2.05) is 12.1 Å². The molecular weight excluding hydrogens is 298 g/mol. The molecule has 2 amide bonds. The van der Waals surface area contributed by atoms with Gasteiger partial charge in [0.1, 0.15) is 5.76 Å². The molecule has 1 aromatic heterocycles. The van der Waals surface area contributed by atoms with Crippen molar-refractivity contribution in [2.75, 3.05) is 46.1 Å². The number of ether oxygens (including phenoxy) is 2. The van der Waals surface area contributed by atoms with Gasteiger partial charge in [0, 0.05) is 38.2 Å². The fraction of sp³-hybridized carbons (Fsp3) is 0.688. The predicted octanol–water partition coefficient (Wildman–Crippen LogP) is 0.816. The van der Waals surface area contributed by atoms with Gasteiger partial charge in [-0.05, 0) is 18.6 Å². The Hall–Kier alpha value is -1.57. The average molecular weight is 323 g/mol. The third-order valence-corrected chi connectivity index (χ3v) is 4.50. The van der Waals surface area contributed by atoms with E-state index in [9.17, 15) is 4.79 Å². The Kier molecular flexibility index (Phi) is 5.90. The van der Waals surface area contributed by atoms with Crippen LogP contribution in [0.3, 0.4) is 0 Å². The fourth-order valence-electron chi connectivity index (χ4n) is 3.20. The van der Waals surface area contributed by atoms with Gasteiger partial charge in [-0.2, -0.15) is 0 Å². The largest absolute Gasteiger partial charge is 0.467 e. The number of hydrogen-bond donors (Lipinski definition) is 2. The van der Waals surface area contributed by atoms with Crippen molar-refractivity contribution >= 4 is 6.03 Å². The smallest absolute Gasteiger partial charge is 0.315 e. The number of rotatable bonds is 6. The van der Waals surface area contributed by atoms with Gasteiger partial charge in [-0.15, -0.1) is 0 Å². The van der Waals surface area contributed by atoms with Crippen LogP contribution in [0.15, 0.2) is 22.8 Å². The number of carbonyl (C=O) groups excluding carboxylic acids is 1. The molecule has 7 nitrogen and oxygen atoms in total. The van der Waals surface area contributed by atoms with Crippen molar-refractivity contribution in [2.24, 2.45) is 5.92 Å². The number of hydrogen-bond acceptors (Lipinski definition) is 5. The Bertz CT molecular complexity index is 468. The lowest BCUT2D eigenvalue weighted by Gasteiger charge is -2.37. The van der Waals surface area contributed by atoms with Crippen LogP contribution in [-0.2, 0) is 16.0 Å². The second-order valence-electron chi connectivity index (χ2n) is 5.98. The summed E-state index contributed by atoms with van der Waals surface area (Å²) in [7, 11) is 0. The van der Waals surface area contributed by atoms with E-state index in [0.717, 1.165) is 51.7 Å². The molecule has 2 N–H and O–H groups in total. The van der Waals surface area contributed by atoms with Crippen molar-refractivity contribution in [3.05, 3.63) is 24.2 Å². The highest BCUT2D eigenvalue weighted by Crippen LogP contribution is 2.21. The van der Waals surface area contributed by atoms with Crippen molar-refractivity contribution in [1.29, 1.82) is 0 Å². The number of nitrogens with zero attached hydrogens (tertiary/aromatic N) is 1. The van der Waals surface area contributed by atoms with E-state index >= 15 is 0 Å². The Morgan fingerprint density at radius 3 is 2.83 bits per heavy atom. The first-order valence-electron chi connectivity index (χ1n) is 8.26. The van der Waals surface area contributed by atoms with Crippen LogP contribution in [0, 0.1) is 5.92 Å². The minimum atomic E-state index is -0.168. The third-order valence-electron chi connectivity index (χ3n) is 4.50. The monoisotopic (exact) mass is 323 g/mol. The summed E-state index contributed by atoms with van der Waals surface area (Å²) in [6.07, 6.45) is 2.65. The van der Waals surface area contributed by atoms with E-state index in [2.05, 4.69) is 15.5 Å². The molecule has 2 aliphatic rings. The fourth-order valence-corrected chi connectivity index (χ4v) is 3.20. The van der Waals surface area contributed by atoms with Gasteiger partial charge in [0.25, 0.3) is 0 Å². The van der Waals surface area contributed by atoms with Crippen LogP contribution in [0.2, 0.25) is 0 Å². The number of carbonyl (C=O) groups is 1. The molecule has 2 aliphatic heterocycles. The summed E-state index contributed by atoms with van der Waals surface area (Å²) in [4.78, 5) is 14.4. The molecule has 23 heavy (non-hydrogen) atoms. The highest BCUT2D eigenvalue weighted by molar-refractivity contribution is 5.73. The van der Waals surface area contributed by atoms with Crippen molar-refractivity contribution in [3.8, 4) is 0 Å². The minimum absolute atomic E-state index is 0.168. The Morgan fingerprint density at radius 2 is 2.13 bits per heavy atom. The highest BCUT2D eigenvalue weighted by atomic mass is 16.5. The van der Waals surface area contributed by atoms with E-state index in [0.29, 0.717) is 25.0 Å². The van der Waals surface area contributed by atoms with E-state index in [1.165, 1.54) is 0 Å². The molecule has 0 aliphatic carbocycles. The van der Waals surface area contributed by atoms with Gasteiger partial charge in [-0.1, -0.05) is 0 Å². The molecular formula is C16H25N3O4. The van der Waals surface area contributed by atoms with Crippen LogP contribution in [0.5, 0.6) is 0 Å². The standard InChI is InChI=1S/C16H25N3O4/c20-16(17-10-14-2-1-6-23-14)18-11-15(13-3-7-22-12-13)19-4-8-21-9-5-19/h1-2,6,13,15H,3-5,7-12H2,(H2,17,18,20)/t13-,15-/m0/s1. The summed E-state index contributed by atoms with van der Waals surface area (Å²) in [6, 6.07) is 3.78. The van der Waals surface area contributed by atoms with E-state index in [-0.39, 0.29) is 6.03 Å². The number of urea groups is 1. The SMILES string of the molecule is O=C(NCc1ccco1)NC[C@@H]([C@H]1CCOC1)N1CCOCC1. The maximum atomic E-state index is 12.0. The van der Waals surface area contributed by atoms with Gasteiger partial charge >= 0.3 is 6.03 Å². The number of nitrogens with one attached hydrogen (secondary N) is 2. The first-order valence-corrected chi connectivity index (χ1v) is 8.26. The molecule has 3 heterocycles. The molecule has 0 unspecified atom stereocenters. The van der Waals surface area contributed by atoms with Crippen LogP contribution >= 0.6 is 0 Å². The van der Waals surface area contributed by atoms with Crippen molar-refractivity contribution in [2.45, 2.75) is 19.0 Å². The number of morpholine rings is 1. The Balaban J connectivity index is 1.47. The highest BCUT2D eigenvalue weighted by Gasteiger charge is 2.31. The molecule has 2 atom stereocenters. The molecule has 128 valence electrons. The van der Waals surface area contributed by atoms with Gasteiger partial charge in [-0.25, -0.2) is 4.79 Å². The van der Waals surface area contributed by atoms with E-state index in [1.54, 1.807) is 6.26 Å². The second kappa shape index (κ2) is 8.33. The summed E-state index contributed by atoms with van der Waals surface area (Å²) >= 11 is 0. The number of furan rings is 1. The lowest BCUT2D eigenvalue weighted by Crippen LogP contribution is -2.53. The van der Waals surface area contributed by atoms with Crippen LogP contribution in [0.4, 0.5) is 4.79 Å². The van der Waals surface area contributed by atoms with Crippen LogP contribution in [-0.4, -0.2) is 63.0 Å². The molecule has 0 spiro atoms. The lowest BCUT2D eigenvalue weighted by molar-refractivity contribution is 0.00212. The van der Waals surface area contributed by atoms with E-state index in [4.69, 9.17) is 13.9 Å². The van der Waals surface area contributed by atoms with Gasteiger partial charge in [0.05, 0.1) is 32.6 Å². The second-order valence-corrected chi connectivity index (χ2v) is 5.98. The molecule has 1 aromatic rings. The summed E-state index contributed by atoms with van der Waals surface area (Å²) in [5.74, 6) is 1.22.